The number of methoxy groups -OCH3 is 2. The highest BCUT2D eigenvalue weighted by Gasteiger charge is 2.21. The zero-order valence-electron chi connectivity index (χ0n) is 13.9. The van der Waals surface area contributed by atoms with Crippen LogP contribution in [0.1, 0.15) is 18.0 Å². The summed E-state index contributed by atoms with van der Waals surface area (Å²) in [6.07, 6.45) is 1.10. The lowest BCUT2D eigenvalue weighted by molar-refractivity contribution is 0.229. The predicted octanol–water partition coefficient (Wildman–Crippen LogP) is 1.59. The lowest BCUT2D eigenvalue weighted by Gasteiger charge is -2.29. The second-order valence-electron chi connectivity index (χ2n) is 5.47. The highest BCUT2D eigenvalue weighted by molar-refractivity contribution is 5.48. The van der Waals surface area contributed by atoms with E-state index in [1.807, 2.05) is 12.1 Å². The van der Waals surface area contributed by atoms with Crippen molar-refractivity contribution < 1.29 is 9.47 Å². The van der Waals surface area contributed by atoms with Crippen LogP contribution < -0.4 is 15.2 Å². The molecule has 1 unspecified atom stereocenters. The maximum absolute atomic E-state index is 6.00. The van der Waals surface area contributed by atoms with Crippen LogP contribution >= 0.6 is 0 Å². The second-order valence-corrected chi connectivity index (χ2v) is 5.47. The van der Waals surface area contributed by atoms with Crippen LogP contribution in [0.2, 0.25) is 0 Å². The number of rotatable bonds is 9. The number of nitrogens with zero attached hydrogens (tertiary/aromatic N) is 2. The molecule has 0 bridgehead atoms. The topological polar surface area (TPSA) is 51.0 Å². The van der Waals surface area contributed by atoms with E-state index < -0.39 is 0 Å². The molecule has 1 aromatic rings. The molecule has 120 valence electrons. The molecule has 0 aliphatic carbocycles. The van der Waals surface area contributed by atoms with Gasteiger partial charge in [0.15, 0.2) is 11.5 Å². The van der Waals surface area contributed by atoms with Crippen molar-refractivity contribution in [1.29, 1.82) is 0 Å². The third-order valence-corrected chi connectivity index (χ3v) is 3.66. The Labute approximate surface area is 128 Å². The van der Waals surface area contributed by atoms with E-state index in [0.29, 0.717) is 6.54 Å². The normalized spacial score (nSPS) is 12.8. The summed E-state index contributed by atoms with van der Waals surface area (Å²) in [4.78, 5) is 4.47. The van der Waals surface area contributed by atoms with Crippen molar-refractivity contribution in [2.45, 2.75) is 12.5 Å². The number of benzene rings is 1. The third-order valence-electron chi connectivity index (χ3n) is 3.66. The Kier molecular flexibility index (Phi) is 7.50. The minimum absolute atomic E-state index is 0.122. The first-order valence-corrected chi connectivity index (χ1v) is 7.31. The Hall–Kier alpha value is -1.30. The lowest BCUT2D eigenvalue weighted by atomic mass is 10.0. The SMILES string of the molecule is COc1cccc(C(CN)N(C)CCCN(C)C)c1OC. The fourth-order valence-corrected chi connectivity index (χ4v) is 2.51. The predicted molar refractivity (Wildman–Crippen MR) is 87.1 cm³/mol. The summed E-state index contributed by atoms with van der Waals surface area (Å²) in [5.74, 6) is 1.52. The zero-order chi connectivity index (χ0) is 15.8. The number of ether oxygens (including phenoxy) is 2. The van der Waals surface area contributed by atoms with Crippen molar-refractivity contribution in [3.8, 4) is 11.5 Å². The second kappa shape index (κ2) is 8.87. The number of hydrogen-bond acceptors (Lipinski definition) is 5. The van der Waals surface area contributed by atoms with Crippen LogP contribution in [0.5, 0.6) is 11.5 Å². The minimum atomic E-state index is 0.122. The summed E-state index contributed by atoms with van der Waals surface area (Å²) in [6, 6.07) is 6.06. The summed E-state index contributed by atoms with van der Waals surface area (Å²) < 4.78 is 10.9. The van der Waals surface area contributed by atoms with E-state index in [9.17, 15) is 0 Å². The van der Waals surface area contributed by atoms with Gasteiger partial charge in [-0.1, -0.05) is 12.1 Å². The Morgan fingerprint density at radius 3 is 2.33 bits per heavy atom. The molecule has 1 aromatic carbocycles. The van der Waals surface area contributed by atoms with Crippen molar-refractivity contribution in [3.05, 3.63) is 23.8 Å². The summed E-state index contributed by atoms with van der Waals surface area (Å²) in [5, 5.41) is 0. The standard InChI is InChI=1S/C16H29N3O2/c1-18(2)10-7-11-19(3)14(12-17)13-8-6-9-15(20-4)16(13)21-5/h6,8-9,14H,7,10-12,17H2,1-5H3. The lowest BCUT2D eigenvalue weighted by Crippen LogP contribution is -2.32. The van der Waals surface area contributed by atoms with Gasteiger partial charge in [0.1, 0.15) is 0 Å². The van der Waals surface area contributed by atoms with Gasteiger partial charge in [-0.15, -0.1) is 0 Å². The van der Waals surface area contributed by atoms with Gasteiger partial charge in [0, 0.05) is 12.1 Å². The van der Waals surface area contributed by atoms with Gasteiger partial charge in [-0.2, -0.15) is 0 Å². The number of likely N-dealkylation sites (N-methyl/N-ethyl adjacent to an activating group) is 1. The molecule has 1 atom stereocenters. The van der Waals surface area contributed by atoms with Crippen LogP contribution in [0.25, 0.3) is 0 Å². The van der Waals surface area contributed by atoms with Crippen molar-refractivity contribution in [2.24, 2.45) is 5.73 Å². The Bertz CT molecular complexity index is 424. The molecule has 0 saturated carbocycles. The van der Waals surface area contributed by atoms with Gasteiger partial charge in [0.2, 0.25) is 0 Å². The van der Waals surface area contributed by atoms with Crippen LogP contribution in [-0.4, -0.2) is 64.8 Å². The maximum atomic E-state index is 6.00. The summed E-state index contributed by atoms with van der Waals surface area (Å²) in [5.41, 5.74) is 7.08. The van der Waals surface area contributed by atoms with E-state index in [-0.39, 0.29) is 6.04 Å². The molecule has 0 aromatic heterocycles. The average molecular weight is 295 g/mol. The molecule has 5 nitrogen and oxygen atoms in total. The average Bonchev–Trinajstić information content (AvgIpc) is 2.47. The van der Waals surface area contributed by atoms with Gasteiger partial charge in [-0.05, 0) is 46.7 Å². The Balaban J connectivity index is 2.88. The van der Waals surface area contributed by atoms with Crippen LogP contribution in [0.15, 0.2) is 18.2 Å². The van der Waals surface area contributed by atoms with Crippen LogP contribution in [0.4, 0.5) is 0 Å². The molecule has 0 spiro atoms. The van der Waals surface area contributed by atoms with Crippen molar-refractivity contribution in [1.82, 2.24) is 9.80 Å². The molecule has 5 heteroatoms. The highest BCUT2D eigenvalue weighted by Crippen LogP contribution is 2.36. The molecular formula is C16H29N3O2. The van der Waals surface area contributed by atoms with Gasteiger partial charge >= 0.3 is 0 Å². The fraction of sp³-hybridized carbons (Fsp3) is 0.625. The molecule has 0 heterocycles. The van der Waals surface area contributed by atoms with Gasteiger partial charge < -0.3 is 20.1 Å². The van der Waals surface area contributed by atoms with Crippen molar-refractivity contribution >= 4 is 0 Å². The third kappa shape index (κ3) is 4.88. The molecular weight excluding hydrogens is 266 g/mol. The molecule has 0 aliphatic heterocycles. The molecule has 0 fully saturated rings. The Morgan fingerprint density at radius 1 is 1.10 bits per heavy atom. The fourth-order valence-electron chi connectivity index (χ4n) is 2.51. The van der Waals surface area contributed by atoms with E-state index in [1.54, 1.807) is 14.2 Å². The summed E-state index contributed by atoms with van der Waals surface area (Å²) >= 11 is 0. The van der Waals surface area contributed by atoms with Crippen molar-refractivity contribution in [2.75, 3.05) is 55.0 Å². The van der Waals surface area contributed by atoms with Gasteiger partial charge in [-0.3, -0.25) is 4.90 Å². The van der Waals surface area contributed by atoms with Crippen LogP contribution in [-0.2, 0) is 0 Å². The molecule has 1 rings (SSSR count). The first-order valence-electron chi connectivity index (χ1n) is 7.31. The first-order chi connectivity index (χ1) is 10.0. The number of para-hydroxylation sites is 1. The molecule has 2 N–H and O–H groups in total. The monoisotopic (exact) mass is 295 g/mol. The van der Waals surface area contributed by atoms with Gasteiger partial charge in [0.25, 0.3) is 0 Å². The summed E-state index contributed by atoms with van der Waals surface area (Å²) in [6.45, 7) is 2.60. The Morgan fingerprint density at radius 2 is 1.81 bits per heavy atom. The maximum Gasteiger partial charge on any atom is 0.165 e. The summed E-state index contributed by atoms with van der Waals surface area (Å²) in [7, 11) is 9.60. The molecule has 0 radical (unpaired) electrons. The minimum Gasteiger partial charge on any atom is -0.493 e. The number of nitrogens with two attached hydrogens (primary N) is 1. The van der Waals surface area contributed by atoms with E-state index in [2.05, 4.69) is 37.0 Å². The van der Waals surface area contributed by atoms with E-state index in [1.165, 1.54) is 0 Å². The van der Waals surface area contributed by atoms with Gasteiger partial charge in [-0.25, -0.2) is 0 Å². The van der Waals surface area contributed by atoms with E-state index in [0.717, 1.165) is 36.6 Å². The van der Waals surface area contributed by atoms with Crippen LogP contribution in [0, 0.1) is 0 Å². The molecule has 0 aliphatic rings. The molecule has 0 saturated heterocycles. The smallest absolute Gasteiger partial charge is 0.165 e. The molecule has 0 amide bonds. The highest BCUT2D eigenvalue weighted by atomic mass is 16.5. The number of hydrogen-bond donors (Lipinski definition) is 1. The molecule has 21 heavy (non-hydrogen) atoms. The van der Waals surface area contributed by atoms with E-state index >= 15 is 0 Å². The van der Waals surface area contributed by atoms with Crippen LogP contribution in [0.3, 0.4) is 0 Å². The zero-order valence-corrected chi connectivity index (χ0v) is 13.9. The largest absolute Gasteiger partial charge is 0.493 e. The quantitative estimate of drug-likeness (QED) is 0.750. The van der Waals surface area contributed by atoms with E-state index in [4.69, 9.17) is 15.2 Å². The van der Waals surface area contributed by atoms with Crippen molar-refractivity contribution in [3.63, 3.8) is 0 Å². The van der Waals surface area contributed by atoms with Gasteiger partial charge in [0.05, 0.1) is 20.3 Å². The first kappa shape index (κ1) is 17.8.